The van der Waals surface area contributed by atoms with Crippen molar-refractivity contribution in [1.82, 2.24) is 10.6 Å². The molecule has 0 unspecified atom stereocenters. The molecule has 2 heterocycles. The number of anilines is 1. The van der Waals surface area contributed by atoms with Crippen LogP contribution < -0.4 is 16.0 Å². The number of nitrogens with zero attached hydrogens (tertiary/aromatic N) is 1. The number of amidine groups is 1. The van der Waals surface area contributed by atoms with Crippen LogP contribution in [0.1, 0.15) is 22.8 Å². The molecule has 0 radical (unpaired) electrons. The van der Waals surface area contributed by atoms with Crippen molar-refractivity contribution >= 4 is 34.4 Å². The van der Waals surface area contributed by atoms with Crippen molar-refractivity contribution in [2.75, 3.05) is 25.0 Å². The summed E-state index contributed by atoms with van der Waals surface area (Å²) in [6, 6.07) is 13.5. The van der Waals surface area contributed by atoms with E-state index in [2.05, 4.69) is 20.9 Å². The van der Waals surface area contributed by atoms with E-state index in [1.165, 1.54) is 24.8 Å². The van der Waals surface area contributed by atoms with Crippen LogP contribution in [-0.4, -0.2) is 36.6 Å². The van der Waals surface area contributed by atoms with Crippen molar-refractivity contribution in [3.63, 3.8) is 0 Å². The molecule has 6 nitrogen and oxygen atoms in total. The van der Waals surface area contributed by atoms with Gasteiger partial charge in [0.05, 0.1) is 4.75 Å². The Balaban J connectivity index is 1.63. The first-order valence-corrected chi connectivity index (χ1v) is 10.2. The monoisotopic (exact) mass is 412 g/mol. The molecule has 2 amide bonds. The number of aliphatic imine (C=N–C) groups is 1. The van der Waals surface area contributed by atoms with Gasteiger partial charge >= 0.3 is 0 Å². The van der Waals surface area contributed by atoms with E-state index < -0.39 is 4.75 Å². The fourth-order valence-corrected chi connectivity index (χ4v) is 5.19. The molecule has 0 spiro atoms. The fraction of sp³-hybridized carbons (Fsp3) is 0.286. The van der Waals surface area contributed by atoms with E-state index in [0.29, 0.717) is 41.6 Å². The summed E-state index contributed by atoms with van der Waals surface area (Å²) in [4.78, 5) is 28.5. The lowest BCUT2D eigenvalue weighted by molar-refractivity contribution is -0.114. The van der Waals surface area contributed by atoms with Crippen molar-refractivity contribution in [2.24, 2.45) is 10.9 Å². The van der Waals surface area contributed by atoms with Crippen LogP contribution in [0.5, 0.6) is 0 Å². The topological polar surface area (TPSA) is 82.6 Å². The maximum absolute atomic E-state index is 14.9. The molecule has 1 fully saturated rings. The Morgan fingerprint density at radius 1 is 1.21 bits per heavy atom. The summed E-state index contributed by atoms with van der Waals surface area (Å²) in [5.41, 5.74) is 1.59. The van der Waals surface area contributed by atoms with Crippen LogP contribution in [0.4, 0.5) is 10.1 Å². The Morgan fingerprint density at radius 3 is 2.76 bits per heavy atom. The average molecular weight is 412 g/mol. The van der Waals surface area contributed by atoms with Crippen LogP contribution in [0.3, 0.4) is 0 Å². The summed E-state index contributed by atoms with van der Waals surface area (Å²) in [5.74, 6) is -0.721. The zero-order valence-electron chi connectivity index (χ0n) is 15.9. The molecule has 0 bridgehead atoms. The number of halogens is 1. The third kappa shape index (κ3) is 3.90. The first-order valence-electron chi connectivity index (χ1n) is 9.36. The summed E-state index contributed by atoms with van der Waals surface area (Å²) in [5, 5.41) is 9.39. The highest BCUT2D eigenvalue weighted by Crippen LogP contribution is 2.49. The largest absolute Gasteiger partial charge is 0.326 e. The van der Waals surface area contributed by atoms with Gasteiger partial charge in [0, 0.05) is 49.3 Å². The Bertz CT molecular complexity index is 982. The van der Waals surface area contributed by atoms with Gasteiger partial charge in [-0.05, 0) is 30.3 Å². The number of amides is 2. The van der Waals surface area contributed by atoms with Crippen molar-refractivity contribution in [3.05, 3.63) is 65.5 Å². The highest BCUT2D eigenvalue weighted by atomic mass is 32.2. The first-order chi connectivity index (χ1) is 14.0. The lowest BCUT2D eigenvalue weighted by atomic mass is 9.87. The van der Waals surface area contributed by atoms with E-state index in [1.807, 2.05) is 6.07 Å². The molecule has 2 aromatic carbocycles. The van der Waals surface area contributed by atoms with E-state index in [4.69, 9.17) is 0 Å². The minimum atomic E-state index is -0.611. The second-order valence-corrected chi connectivity index (χ2v) is 8.48. The second-order valence-electron chi connectivity index (χ2n) is 7.16. The summed E-state index contributed by atoms with van der Waals surface area (Å²) in [6.07, 6.45) is 0. The summed E-state index contributed by atoms with van der Waals surface area (Å²) in [7, 11) is 0. The van der Waals surface area contributed by atoms with Gasteiger partial charge in [-0.3, -0.25) is 14.6 Å². The van der Waals surface area contributed by atoms with Crippen LogP contribution in [0.15, 0.2) is 53.5 Å². The van der Waals surface area contributed by atoms with Crippen molar-refractivity contribution in [3.8, 4) is 0 Å². The third-order valence-corrected chi connectivity index (χ3v) is 6.66. The van der Waals surface area contributed by atoms with Gasteiger partial charge in [-0.2, -0.15) is 0 Å². The number of thioether (sulfide) groups is 1. The smallest absolute Gasteiger partial charge is 0.257 e. The molecule has 3 N–H and O–H groups in total. The Labute approximate surface area is 172 Å². The molecule has 4 rings (SSSR count). The van der Waals surface area contributed by atoms with Crippen molar-refractivity contribution in [2.45, 2.75) is 11.7 Å². The maximum atomic E-state index is 14.9. The molecular weight excluding hydrogens is 391 g/mol. The van der Waals surface area contributed by atoms with Crippen LogP contribution >= 0.6 is 11.8 Å². The van der Waals surface area contributed by atoms with Crippen LogP contribution in [0.25, 0.3) is 0 Å². The minimum Gasteiger partial charge on any atom is -0.326 e. The molecule has 2 aliphatic heterocycles. The Hall–Kier alpha value is -2.71. The Kier molecular flexibility index (Phi) is 5.38. The van der Waals surface area contributed by atoms with E-state index in [-0.39, 0.29) is 23.5 Å². The van der Waals surface area contributed by atoms with Crippen LogP contribution in [0.2, 0.25) is 0 Å². The normalized spacial score (nSPS) is 23.1. The molecule has 0 aromatic heterocycles. The molecule has 2 aromatic rings. The standard InChI is InChI=1S/C21H21FN4O2S/c1-13(27)25-16-7-8-18(22)17(9-16)21-12-23-10-15(21)11-24-20(29-21)26-19(28)14-5-3-2-4-6-14/h2-9,15,23H,10-12H2,1H3,(H,25,27)(H,24,26,28)/t15-,21+/m1/s1. The zero-order chi connectivity index (χ0) is 20.4. The predicted octanol–water partition coefficient (Wildman–Crippen LogP) is 2.73. The van der Waals surface area contributed by atoms with Crippen LogP contribution in [-0.2, 0) is 9.54 Å². The molecule has 0 aliphatic carbocycles. The molecule has 1 saturated heterocycles. The SMILES string of the molecule is CC(=O)Nc1ccc(F)c([C@]23CNC[C@@H]2CN=C(NC(=O)c2ccccc2)S3)c1. The Morgan fingerprint density at radius 2 is 2.00 bits per heavy atom. The fourth-order valence-electron chi connectivity index (χ4n) is 3.80. The molecule has 2 aliphatic rings. The van der Waals surface area contributed by atoms with E-state index in [9.17, 15) is 14.0 Å². The molecule has 29 heavy (non-hydrogen) atoms. The van der Waals surface area contributed by atoms with E-state index >= 15 is 0 Å². The molecule has 8 heteroatoms. The van der Waals surface area contributed by atoms with Gasteiger partial charge in [0.25, 0.3) is 5.91 Å². The second kappa shape index (κ2) is 7.96. The number of carbonyl (C=O) groups excluding carboxylic acids is 2. The number of fused-ring (bicyclic) bond motifs is 1. The molecule has 150 valence electrons. The zero-order valence-corrected chi connectivity index (χ0v) is 16.7. The van der Waals surface area contributed by atoms with Gasteiger partial charge < -0.3 is 16.0 Å². The number of hydrogen-bond acceptors (Lipinski definition) is 5. The van der Waals surface area contributed by atoms with Gasteiger partial charge in [0.2, 0.25) is 5.91 Å². The molecule has 2 atom stereocenters. The van der Waals surface area contributed by atoms with E-state index in [1.54, 1.807) is 36.4 Å². The van der Waals surface area contributed by atoms with Crippen molar-refractivity contribution < 1.29 is 14.0 Å². The highest BCUT2D eigenvalue weighted by Gasteiger charge is 2.49. The number of benzene rings is 2. The van der Waals surface area contributed by atoms with Gasteiger partial charge in [-0.1, -0.05) is 30.0 Å². The molecule has 0 saturated carbocycles. The maximum Gasteiger partial charge on any atom is 0.257 e. The number of hydrogen-bond donors (Lipinski definition) is 3. The highest BCUT2D eigenvalue weighted by molar-refractivity contribution is 8.14. The van der Waals surface area contributed by atoms with Gasteiger partial charge in [-0.25, -0.2) is 4.39 Å². The predicted molar refractivity (Wildman–Crippen MR) is 113 cm³/mol. The lowest BCUT2D eigenvalue weighted by Crippen LogP contribution is -2.42. The number of rotatable bonds is 3. The first kappa shape index (κ1) is 19.6. The number of nitrogens with one attached hydrogen (secondary N) is 3. The third-order valence-electron chi connectivity index (χ3n) is 5.17. The summed E-state index contributed by atoms with van der Waals surface area (Å²) < 4.78 is 14.3. The van der Waals surface area contributed by atoms with E-state index in [0.717, 1.165) is 0 Å². The lowest BCUT2D eigenvalue weighted by Gasteiger charge is -2.37. The van der Waals surface area contributed by atoms with Crippen LogP contribution in [0, 0.1) is 11.7 Å². The minimum absolute atomic E-state index is 0.0759. The average Bonchev–Trinajstić information content (AvgIpc) is 3.14. The quantitative estimate of drug-likeness (QED) is 0.724. The van der Waals surface area contributed by atoms with Crippen molar-refractivity contribution in [1.29, 1.82) is 0 Å². The number of carbonyl (C=O) groups is 2. The summed E-state index contributed by atoms with van der Waals surface area (Å²) >= 11 is 1.37. The van der Waals surface area contributed by atoms with Gasteiger partial charge in [0.1, 0.15) is 5.82 Å². The summed E-state index contributed by atoms with van der Waals surface area (Å²) in [6.45, 7) is 3.15. The molecular formula is C21H21FN4O2S. The van der Waals surface area contributed by atoms with Gasteiger partial charge in [0.15, 0.2) is 5.17 Å². The van der Waals surface area contributed by atoms with Gasteiger partial charge in [-0.15, -0.1) is 0 Å².